The number of likely N-dealkylation sites (tertiary alicyclic amines) is 2. The fraction of sp³-hybridized carbons (Fsp3) is 0.545. The molecule has 2 aliphatic rings. The molecule has 0 radical (unpaired) electrons. The van der Waals surface area contributed by atoms with Gasteiger partial charge in [0.15, 0.2) is 0 Å². The van der Waals surface area contributed by atoms with Crippen LogP contribution >= 0.6 is 0 Å². The molecular weight excluding hydrogens is 396 g/mol. The lowest BCUT2D eigenvalue weighted by molar-refractivity contribution is -0.134. The summed E-state index contributed by atoms with van der Waals surface area (Å²) in [6.07, 6.45) is 3.54. The summed E-state index contributed by atoms with van der Waals surface area (Å²) in [6, 6.07) is 8.79. The first-order valence-electron chi connectivity index (χ1n) is 10.6. The van der Waals surface area contributed by atoms with Gasteiger partial charge >= 0.3 is 6.03 Å². The molecule has 2 saturated heterocycles. The predicted octanol–water partition coefficient (Wildman–Crippen LogP) is 1.96. The number of hydrogen-bond donors (Lipinski definition) is 1. The minimum Gasteiger partial charge on any atom is -0.481 e. The van der Waals surface area contributed by atoms with E-state index in [4.69, 9.17) is 9.90 Å². The van der Waals surface area contributed by atoms with Crippen molar-refractivity contribution in [2.75, 3.05) is 40.3 Å². The van der Waals surface area contributed by atoms with Gasteiger partial charge in [0.25, 0.3) is 5.97 Å². The largest absolute Gasteiger partial charge is 0.481 e. The van der Waals surface area contributed by atoms with Gasteiger partial charge < -0.3 is 24.4 Å². The summed E-state index contributed by atoms with van der Waals surface area (Å²) in [6.45, 7) is 8.05. The van der Waals surface area contributed by atoms with Gasteiger partial charge in [0.1, 0.15) is 12.7 Å². The number of carboxylic acid groups (broad SMARTS) is 1. The van der Waals surface area contributed by atoms with Gasteiger partial charge in [-0.05, 0) is 24.0 Å². The molecule has 2 aliphatic heterocycles. The molecule has 1 aromatic heterocycles. The predicted molar refractivity (Wildman–Crippen MR) is 116 cm³/mol. The molecule has 2 fully saturated rings. The highest BCUT2D eigenvalue weighted by molar-refractivity contribution is 5.75. The van der Waals surface area contributed by atoms with Gasteiger partial charge in [0, 0.05) is 59.7 Å². The molecule has 0 aliphatic carbocycles. The van der Waals surface area contributed by atoms with E-state index in [1.54, 1.807) is 17.6 Å². The van der Waals surface area contributed by atoms with Crippen molar-refractivity contribution in [3.63, 3.8) is 0 Å². The molecule has 0 bridgehead atoms. The Morgan fingerprint density at radius 2 is 1.74 bits per heavy atom. The van der Waals surface area contributed by atoms with Crippen LogP contribution in [0.15, 0.2) is 36.9 Å². The van der Waals surface area contributed by atoms with Crippen molar-refractivity contribution in [1.29, 1.82) is 0 Å². The lowest BCUT2D eigenvalue weighted by Crippen LogP contribution is -2.41. The number of nitrogens with zero attached hydrogens (tertiary/aromatic N) is 6. The molecule has 0 saturated carbocycles. The van der Waals surface area contributed by atoms with Crippen LogP contribution in [0.2, 0.25) is 0 Å². The highest BCUT2D eigenvalue weighted by atomic mass is 16.4. The zero-order chi connectivity index (χ0) is 22.5. The Hall–Kier alpha value is -2.94. The van der Waals surface area contributed by atoms with E-state index in [2.05, 4.69) is 51.2 Å². The van der Waals surface area contributed by atoms with Crippen LogP contribution in [-0.4, -0.2) is 86.8 Å². The fourth-order valence-corrected chi connectivity index (χ4v) is 4.69. The molecule has 0 unspecified atom stereocenters. The number of aromatic nitrogens is 3. The van der Waals surface area contributed by atoms with E-state index >= 15 is 0 Å². The molecule has 3 atom stereocenters. The monoisotopic (exact) mass is 428 g/mol. The molecule has 2 aromatic rings. The number of aliphatic carboxylic acids is 1. The summed E-state index contributed by atoms with van der Waals surface area (Å²) < 4.78 is 2.02. The first-order valence-corrected chi connectivity index (χ1v) is 10.6. The van der Waals surface area contributed by atoms with Gasteiger partial charge in [-0.1, -0.05) is 24.3 Å². The lowest BCUT2D eigenvalue weighted by atomic mass is 9.88. The number of fused-ring (bicyclic) bond motifs is 1. The van der Waals surface area contributed by atoms with E-state index in [1.165, 1.54) is 11.1 Å². The molecular formula is C22H32N6O3. The Morgan fingerprint density at radius 1 is 1.10 bits per heavy atom. The maximum atomic E-state index is 12.9. The zero-order valence-electron chi connectivity index (χ0n) is 18.7. The Morgan fingerprint density at radius 3 is 2.35 bits per heavy atom. The van der Waals surface area contributed by atoms with E-state index < -0.39 is 5.97 Å². The second-order valence-corrected chi connectivity index (χ2v) is 8.53. The summed E-state index contributed by atoms with van der Waals surface area (Å²) in [5.74, 6) is 0.176. The summed E-state index contributed by atoms with van der Waals surface area (Å²) in [5.41, 5.74) is 2.56. The molecule has 9 nitrogen and oxygen atoms in total. The maximum Gasteiger partial charge on any atom is 0.320 e. The summed E-state index contributed by atoms with van der Waals surface area (Å²) in [4.78, 5) is 28.2. The normalized spacial score (nSPS) is 22.6. The molecule has 9 heteroatoms. The van der Waals surface area contributed by atoms with Gasteiger partial charge in [0.05, 0.1) is 6.04 Å². The van der Waals surface area contributed by atoms with Crippen LogP contribution in [0.5, 0.6) is 0 Å². The molecule has 1 N–H and O–H groups in total. The molecule has 2 amide bonds. The average Bonchev–Trinajstić information content (AvgIpc) is 3.42. The standard InChI is InChI=1S/C20H28N6O.C2H4O2/c1-15-6-4-5-7-17(15)19-18-12-24(8-9-25-13-21-22-14-25)10-16(18)11-26(19)20(27)23(2)3;1-2(3)4/h4-7,13-14,16,18-19H,8-12H2,1-3H3;1H3,(H,3,4)/t16-,18-,19+;/m1./s1. The third-order valence-electron chi connectivity index (χ3n) is 6.02. The first-order chi connectivity index (χ1) is 14.8. The van der Waals surface area contributed by atoms with Crippen molar-refractivity contribution in [3.05, 3.63) is 48.0 Å². The van der Waals surface area contributed by atoms with Crippen molar-refractivity contribution in [3.8, 4) is 0 Å². The third kappa shape index (κ3) is 5.41. The quantitative estimate of drug-likeness (QED) is 0.800. The third-order valence-corrected chi connectivity index (χ3v) is 6.02. The van der Waals surface area contributed by atoms with Crippen LogP contribution in [0.3, 0.4) is 0 Å². The van der Waals surface area contributed by atoms with E-state index in [1.807, 2.05) is 18.7 Å². The van der Waals surface area contributed by atoms with Crippen LogP contribution < -0.4 is 0 Å². The highest BCUT2D eigenvalue weighted by Gasteiger charge is 2.49. The van der Waals surface area contributed by atoms with E-state index in [0.29, 0.717) is 11.8 Å². The topological polar surface area (TPSA) is 94.8 Å². The number of benzene rings is 1. The first kappa shape index (κ1) is 22.7. The number of carboxylic acids is 1. The number of aryl methyl sites for hydroxylation is 1. The average molecular weight is 429 g/mol. The van der Waals surface area contributed by atoms with E-state index in [9.17, 15) is 4.79 Å². The number of carbonyl (C=O) groups is 2. The van der Waals surface area contributed by atoms with Crippen molar-refractivity contribution < 1.29 is 14.7 Å². The van der Waals surface area contributed by atoms with Gasteiger partial charge in [-0.15, -0.1) is 10.2 Å². The molecule has 1 aromatic carbocycles. The van der Waals surface area contributed by atoms with Crippen molar-refractivity contribution >= 4 is 12.0 Å². The minimum atomic E-state index is -0.833. The van der Waals surface area contributed by atoms with Gasteiger partial charge in [0.2, 0.25) is 0 Å². The lowest BCUT2D eigenvalue weighted by Gasteiger charge is -2.32. The highest BCUT2D eigenvalue weighted by Crippen LogP contribution is 2.46. The van der Waals surface area contributed by atoms with Crippen LogP contribution in [0.4, 0.5) is 4.79 Å². The number of hydrogen-bond acceptors (Lipinski definition) is 5. The Labute approximate surface area is 183 Å². The zero-order valence-corrected chi connectivity index (χ0v) is 18.7. The van der Waals surface area contributed by atoms with E-state index in [-0.39, 0.29) is 12.1 Å². The molecule has 168 valence electrons. The summed E-state index contributed by atoms with van der Waals surface area (Å²) in [7, 11) is 3.69. The van der Waals surface area contributed by atoms with Crippen LogP contribution in [0.25, 0.3) is 0 Å². The second kappa shape index (κ2) is 9.91. The summed E-state index contributed by atoms with van der Waals surface area (Å²) >= 11 is 0. The van der Waals surface area contributed by atoms with Crippen LogP contribution in [-0.2, 0) is 11.3 Å². The van der Waals surface area contributed by atoms with Crippen LogP contribution in [0.1, 0.15) is 24.1 Å². The van der Waals surface area contributed by atoms with Crippen LogP contribution in [0, 0.1) is 18.8 Å². The van der Waals surface area contributed by atoms with Gasteiger partial charge in [-0.2, -0.15) is 0 Å². The number of amides is 2. The Bertz CT molecular complexity index is 881. The maximum absolute atomic E-state index is 12.9. The molecule has 4 rings (SSSR count). The van der Waals surface area contributed by atoms with Gasteiger partial charge in [-0.25, -0.2) is 4.79 Å². The number of urea groups is 1. The van der Waals surface area contributed by atoms with Crippen molar-refractivity contribution in [2.45, 2.75) is 26.4 Å². The van der Waals surface area contributed by atoms with E-state index in [0.717, 1.165) is 39.6 Å². The smallest absolute Gasteiger partial charge is 0.320 e. The van der Waals surface area contributed by atoms with Crippen molar-refractivity contribution in [2.24, 2.45) is 11.8 Å². The second-order valence-electron chi connectivity index (χ2n) is 8.53. The molecule has 3 heterocycles. The fourth-order valence-electron chi connectivity index (χ4n) is 4.69. The summed E-state index contributed by atoms with van der Waals surface area (Å²) in [5, 5.41) is 15.2. The molecule has 0 spiro atoms. The number of rotatable bonds is 4. The number of carbonyl (C=O) groups excluding carboxylic acids is 1. The SMILES string of the molecule is CC(=O)O.Cc1ccccc1[C@H]1[C@@H]2CN(CCn3cnnc3)C[C@@H]2CN1C(=O)N(C)C. The molecule has 31 heavy (non-hydrogen) atoms. The Balaban J connectivity index is 0.000000628. The van der Waals surface area contributed by atoms with Crippen molar-refractivity contribution in [1.82, 2.24) is 29.5 Å². The Kier molecular flexibility index (Phi) is 7.27. The van der Waals surface area contributed by atoms with Gasteiger partial charge in [-0.3, -0.25) is 4.79 Å². The minimum absolute atomic E-state index is 0.119.